The Balaban J connectivity index is 2.24. The normalized spacial score (nSPS) is 10.4. The van der Waals surface area contributed by atoms with Crippen molar-refractivity contribution < 1.29 is 22.9 Å². The van der Waals surface area contributed by atoms with E-state index in [9.17, 15) is 28.1 Å². The van der Waals surface area contributed by atoms with Crippen molar-refractivity contribution in [2.75, 3.05) is 23.3 Å². The number of carbonyl (C=O) groups excluding carboxylic acids is 1. The van der Waals surface area contributed by atoms with E-state index in [4.69, 9.17) is 0 Å². The standard InChI is InChI=1S/C16H14F3N3O3/c1-2-21(14-8-10(17)6-7-13(14)22(24)25)9-15(23)20-16-11(18)4-3-5-12(16)19/h3-8H,2,9H2,1H3,(H,20,23). The van der Waals surface area contributed by atoms with Gasteiger partial charge < -0.3 is 10.2 Å². The Bertz CT molecular complexity index is 794. The Morgan fingerprint density at radius 1 is 1.20 bits per heavy atom. The zero-order valence-corrected chi connectivity index (χ0v) is 13.1. The number of amides is 1. The van der Waals surface area contributed by atoms with E-state index in [-0.39, 0.29) is 17.9 Å². The minimum atomic E-state index is -0.951. The molecule has 132 valence electrons. The average Bonchev–Trinajstić information content (AvgIpc) is 2.55. The average molecular weight is 353 g/mol. The van der Waals surface area contributed by atoms with Gasteiger partial charge in [0, 0.05) is 18.7 Å². The highest BCUT2D eigenvalue weighted by Gasteiger charge is 2.22. The molecule has 0 bridgehead atoms. The summed E-state index contributed by atoms with van der Waals surface area (Å²) in [5, 5.41) is 13.2. The third-order valence-electron chi connectivity index (χ3n) is 3.42. The predicted octanol–water partition coefficient (Wildman–Crippen LogP) is 3.48. The number of nitro benzene ring substituents is 1. The van der Waals surface area contributed by atoms with E-state index in [1.54, 1.807) is 6.92 Å². The van der Waals surface area contributed by atoms with Crippen LogP contribution in [0.25, 0.3) is 0 Å². The summed E-state index contributed by atoms with van der Waals surface area (Å²) in [4.78, 5) is 23.7. The van der Waals surface area contributed by atoms with Crippen molar-refractivity contribution in [2.24, 2.45) is 0 Å². The van der Waals surface area contributed by atoms with Gasteiger partial charge in [-0.05, 0) is 25.1 Å². The number of para-hydroxylation sites is 1. The summed E-state index contributed by atoms with van der Waals surface area (Å²) >= 11 is 0. The van der Waals surface area contributed by atoms with E-state index in [1.165, 1.54) is 4.90 Å². The molecule has 25 heavy (non-hydrogen) atoms. The Labute approximate surface area is 141 Å². The van der Waals surface area contributed by atoms with E-state index >= 15 is 0 Å². The van der Waals surface area contributed by atoms with Gasteiger partial charge in [0.1, 0.15) is 28.8 Å². The number of benzene rings is 2. The second-order valence-electron chi connectivity index (χ2n) is 5.05. The Morgan fingerprint density at radius 3 is 2.40 bits per heavy atom. The van der Waals surface area contributed by atoms with Gasteiger partial charge in [-0.2, -0.15) is 0 Å². The molecule has 0 heterocycles. The molecule has 9 heteroatoms. The molecule has 0 atom stereocenters. The van der Waals surface area contributed by atoms with Gasteiger partial charge in [0.25, 0.3) is 5.69 Å². The maximum absolute atomic E-state index is 13.6. The summed E-state index contributed by atoms with van der Waals surface area (Å²) in [5.41, 5.74) is -1.10. The zero-order valence-electron chi connectivity index (χ0n) is 13.1. The summed E-state index contributed by atoms with van der Waals surface area (Å²) in [7, 11) is 0. The minimum Gasteiger partial charge on any atom is -0.357 e. The van der Waals surface area contributed by atoms with Gasteiger partial charge in [0.2, 0.25) is 5.91 Å². The number of hydrogen-bond donors (Lipinski definition) is 1. The van der Waals surface area contributed by atoms with Gasteiger partial charge in [0.05, 0.1) is 11.5 Å². The lowest BCUT2D eigenvalue weighted by molar-refractivity contribution is -0.384. The number of halogens is 3. The quantitative estimate of drug-likeness (QED) is 0.637. The fourth-order valence-electron chi connectivity index (χ4n) is 2.24. The van der Waals surface area contributed by atoms with Crippen molar-refractivity contribution in [2.45, 2.75) is 6.92 Å². The smallest absolute Gasteiger partial charge is 0.292 e. The number of carbonyl (C=O) groups is 1. The molecule has 0 saturated heterocycles. The van der Waals surface area contributed by atoms with E-state index in [2.05, 4.69) is 5.32 Å². The number of hydrogen-bond acceptors (Lipinski definition) is 4. The first-order valence-corrected chi connectivity index (χ1v) is 7.26. The van der Waals surface area contributed by atoms with E-state index < -0.39 is 40.5 Å². The highest BCUT2D eigenvalue weighted by Crippen LogP contribution is 2.29. The van der Waals surface area contributed by atoms with E-state index in [0.717, 1.165) is 36.4 Å². The van der Waals surface area contributed by atoms with Crippen LogP contribution in [0.3, 0.4) is 0 Å². The Hall–Kier alpha value is -3.10. The number of rotatable bonds is 6. The van der Waals surface area contributed by atoms with Gasteiger partial charge in [-0.3, -0.25) is 14.9 Å². The topological polar surface area (TPSA) is 75.5 Å². The summed E-state index contributed by atoms with van der Waals surface area (Å²) in [6, 6.07) is 5.96. The molecule has 1 amide bonds. The third kappa shape index (κ3) is 4.25. The second-order valence-corrected chi connectivity index (χ2v) is 5.05. The Kier molecular flexibility index (Phi) is 5.58. The van der Waals surface area contributed by atoms with Gasteiger partial charge in [-0.15, -0.1) is 0 Å². The van der Waals surface area contributed by atoms with Gasteiger partial charge in [-0.1, -0.05) is 6.07 Å². The highest BCUT2D eigenvalue weighted by atomic mass is 19.1. The number of nitro groups is 1. The Morgan fingerprint density at radius 2 is 1.84 bits per heavy atom. The van der Waals surface area contributed by atoms with Crippen molar-refractivity contribution in [1.82, 2.24) is 0 Å². The maximum atomic E-state index is 13.6. The summed E-state index contributed by atoms with van der Waals surface area (Å²) < 4.78 is 40.6. The number of likely N-dealkylation sites (N-methyl/N-ethyl adjacent to an activating group) is 1. The molecular weight excluding hydrogens is 339 g/mol. The molecule has 2 aromatic rings. The lowest BCUT2D eigenvalue weighted by Crippen LogP contribution is -2.34. The molecule has 0 aliphatic heterocycles. The van der Waals surface area contributed by atoms with Crippen molar-refractivity contribution >= 4 is 23.0 Å². The van der Waals surface area contributed by atoms with Crippen LogP contribution in [-0.2, 0) is 4.79 Å². The first kappa shape index (κ1) is 18.2. The second kappa shape index (κ2) is 7.65. The van der Waals surface area contributed by atoms with Crippen LogP contribution in [0.5, 0.6) is 0 Å². The molecule has 0 radical (unpaired) electrons. The molecular formula is C16H14F3N3O3. The van der Waals surface area contributed by atoms with Crippen LogP contribution in [0.1, 0.15) is 6.92 Å². The molecule has 2 aromatic carbocycles. The predicted molar refractivity (Wildman–Crippen MR) is 85.9 cm³/mol. The van der Waals surface area contributed by atoms with Crippen molar-refractivity contribution in [3.05, 3.63) is 64.0 Å². The minimum absolute atomic E-state index is 0.100. The third-order valence-corrected chi connectivity index (χ3v) is 3.42. The number of nitrogens with one attached hydrogen (secondary N) is 1. The first-order chi connectivity index (χ1) is 11.8. The van der Waals surface area contributed by atoms with Crippen LogP contribution >= 0.6 is 0 Å². The largest absolute Gasteiger partial charge is 0.357 e. The van der Waals surface area contributed by atoms with Crippen LogP contribution in [0.15, 0.2) is 36.4 Å². The monoisotopic (exact) mass is 353 g/mol. The number of anilines is 2. The molecule has 0 aromatic heterocycles. The lowest BCUT2D eigenvalue weighted by Gasteiger charge is -2.22. The summed E-state index contributed by atoms with van der Waals surface area (Å²) in [6.45, 7) is 1.29. The molecule has 1 N–H and O–H groups in total. The molecule has 0 saturated carbocycles. The SMILES string of the molecule is CCN(CC(=O)Nc1c(F)cccc1F)c1cc(F)ccc1[N+](=O)[O-]. The van der Waals surface area contributed by atoms with Gasteiger partial charge in [0.15, 0.2) is 0 Å². The molecule has 0 fully saturated rings. The number of nitrogens with zero attached hydrogens (tertiary/aromatic N) is 2. The van der Waals surface area contributed by atoms with Crippen molar-refractivity contribution in [3.8, 4) is 0 Å². The van der Waals surface area contributed by atoms with Crippen LogP contribution in [0.2, 0.25) is 0 Å². The summed E-state index contributed by atoms with van der Waals surface area (Å²) in [6.07, 6.45) is 0. The molecule has 0 aliphatic rings. The molecule has 0 spiro atoms. The maximum Gasteiger partial charge on any atom is 0.292 e. The van der Waals surface area contributed by atoms with Crippen LogP contribution < -0.4 is 10.2 Å². The molecule has 0 aliphatic carbocycles. The van der Waals surface area contributed by atoms with Crippen LogP contribution in [0, 0.1) is 27.6 Å². The van der Waals surface area contributed by atoms with Crippen molar-refractivity contribution in [3.63, 3.8) is 0 Å². The van der Waals surface area contributed by atoms with E-state index in [0.29, 0.717) is 0 Å². The van der Waals surface area contributed by atoms with Gasteiger partial charge in [-0.25, -0.2) is 13.2 Å². The summed E-state index contributed by atoms with van der Waals surface area (Å²) in [5.74, 6) is -3.41. The van der Waals surface area contributed by atoms with E-state index in [1.807, 2.05) is 0 Å². The van der Waals surface area contributed by atoms with Crippen LogP contribution in [-0.4, -0.2) is 23.9 Å². The molecule has 0 unspecified atom stereocenters. The van der Waals surface area contributed by atoms with Gasteiger partial charge >= 0.3 is 0 Å². The molecule has 6 nitrogen and oxygen atoms in total. The zero-order chi connectivity index (χ0) is 18.6. The highest BCUT2D eigenvalue weighted by molar-refractivity contribution is 5.94. The van der Waals surface area contributed by atoms with Crippen molar-refractivity contribution in [1.29, 1.82) is 0 Å². The first-order valence-electron chi connectivity index (χ1n) is 7.26. The molecule has 2 rings (SSSR count). The van der Waals surface area contributed by atoms with Crippen LogP contribution in [0.4, 0.5) is 30.2 Å². The fourth-order valence-corrected chi connectivity index (χ4v) is 2.24. The fraction of sp³-hybridized carbons (Fsp3) is 0.188. The lowest BCUT2D eigenvalue weighted by atomic mass is 10.2.